The van der Waals surface area contributed by atoms with Gasteiger partial charge in [0.2, 0.25) is 0 Å². The first kappa shape index (κ1) is 14.4. The monoisotopic (exact) mass is 260 g/mol. The van der Waals surface area contributed by atoms with Crippen LogP contribution in [0.25, 0.3) is 0 Å². The van der Waals surface area contributed by atoms with Crippen molar-refractivity contribution in [2.45, 2.75) is 58.5 Å². The zero-order valence-corrected chi connectivity index (χ0v) is 13.0. The minimum atomic E-state index is 0.190. The van der Waals surface area contributed by atoms with Gasteiger partial charge in [-0.1, -0.05) is 39.0 Å². The predicted octanol–water partition coefficient (Wildman–Crippen LogP) is 3.78. The minimum Gasteiger partial charge on any atom is -0.365 e. The largest absolute Gasteiger partial charge is 0.365 e. The van der Waals surface area contributed by atoms with Crippen molar-refractivity contribution in [1.82, 2.24) is 5.32 Å². The number of benzene rings is 1. The molecule has 1 N–H and O–H groups in total. The first-order valence-corrected chi connectivity index (χ1v) is 7.55. The van der Waals surface area contributed by atoms with Crippen molar-refractivity contribution in [1.29, 1.82) is 0 Å². The molecular formula is C17H28N2. The molecule has 0 aliphatic carbocycles. The molecule has 1 aromatic carbocycles. The fourth-order valence-corrected chi connectivity index (χ4v) is 3.00. The Hall–Kier alpha value is -1.02. The van der Waals surface area contributed by atoms with Gasteiger partial charge >= 0.3 is 0 Å². The summed E-state index contributed by atoms with van der Waals surface area (Å²) >= 11 is 0. The van der Waals surface area contributed by atoms with Crippen molar-refractivity contribution in [3.05, 3.63) is 29.8 Å². The molecule has 1 aromatic rings. The summed E-state index contributed by atoms with van der Waals surface area (Å²) in [5.41, 5.74) is 3.09. The van der Waals surface area contributed by atoms with E-state index < -0.39 is 0 Å². The molecule has 0 bridgehead atoms. The lowest BCUT2D eigenvalue weighted by Gasteiger charge is -2.46. The third-order valence-electron chi connectivity index (χ3n) is 4.16. The molecule has 0 spiro atoms. The van der Waals surface area contributed by atoms with Gasteiger partial charge in [-0.25, -0.2) is 0 Å². The van der Waals surface area contributed by atoms with E-state index >= 15 is 0 Å². The van der Waals surface area contributed by atoms with Crippen LogP contribution in [-0.2, 0) is 0 Å². The molecule has 1 fully saturated rings. The first-order chi connectivity index (χ1) is 8.94. The second kappa shape index (κ2) is 5.54. The van der Waals surface area contributed by atoms with E-state index in [4.69, 9.17) is 0 Å². The molecule has 1 atom stereocenters. The molecule has 0 amide bonds. The van der Waals surface area contributed by atoms with E-state index in [2.05, 4.69) is 69.1 Å². The molecule has 1 heterocycles. The SMILES string of the molecule is CCC1CNC(C)(C)CN1c1ccccc1C(C)C. The summed E-state index contributed by atoms with van der Waals surface area (Å²) in [7, 11) is 0. The van der Waals surface area contributed by atoms with E-state index in [9.17, 15) is 0 Å². The van der Waals surface area contributed by atoms with Gasteiger partial charge in [0.25, 0.3) is 0 Å². The summed E-state index contributed by atoms with van der Waals surface area (Å²) in [6.45, 7) is 13.6. The Balaban J connectivity index is 2.37. The highest BCUT2D eigenvalue weighted by atomic mass is 15.3. The fraction of sp³-hybridized carbons (Fsp3) is 0.647. The molecule has 1 aliphatic rings. The topological polar surface area (TPSA) is 15.3 Å². The van der Waals surface area contributed by atoms with Crippen molar-refractivity contribution >= 4 is 5.69 Å². The number of anilines is 1. The Kier molecular flexibility index (Phi) is 4.19. The van der Waals surface area contributed by atoms with Gasteiger partial charge in [-0.2, -0.15) is 0 Å². The number of nitrogens with one attached hydrogen (secondary N) is 1. The smallest absolute Gasteiger partial charge is 0.0413 e. The molecule has 1 saturated heterocycles. The highest BCUT2D eigenvalue weighted by Crippen LogP contribution is 2.31. The van der Waals surface area contributed by atoms with Gasteiger partial charge in [0.15, 0.2) is 0 Å². The van der Waals surface area contributed by atoms with Gasteiger partial charge in [0.1, 0.15) is 0 Å². The lowest BCUT2D eigenvalue weighted by atomic mass is 9.93. The lowest BCUT2D eigenvalue weighted by molar-refractivity contribution is 0.305. The predicted molar refractivity (Wildman–Crippen MR) is 84.0 cm³/mol. The van der Waals surface area contributed by atoms with Gasteiger partial charge in [-0.05, 0) is 37.8 Å². The van der Waals surface area contributed by atoms with Crippen LogP contribution in [0.4, 0.5) is 5.69 Å². The zero-order chi connectivity index (χ0) is 14.0. The van der Waals surface area contributed by atoms with Crippen LogP contribution in [0.3, 0.4) is 0 Å². The van der Waals surface area contributed by atoms with Crippen LogP contribution in [0.2, 0.25) is 0 Å². The summed E-state index contributed by atoms with van der Waals surface area (Å²) < 4.78 is 0. The van der Waals surface area contributed by atoms with Crippen LogP contribution in [0.15, 0.2) is 24.3 Å². The number of hydrogen-bond acceptors (Lipinski definition) is 2. The molecular weight excluding hydrogens is 232 g/mol. The molecule has 0 radical (unpaired) electrons. The molecule has 1 aliphatic heterocycles. The Morgan fingerprint density at radius 2 is 2.00 bits per heavy atom. The molecule has 1 unspecified atom stereocenters. The standard InChI is InChI=1S/C17H28N2/c1-6-14-11-18-17(4,5)12-19(14)16-10-8-7-9-15(16)13(2)3/h7-10,13-14,18H,6,11-12H2,1-5H3. The molecule has 0 saturated carbocycles. The van der Waals surface area contributed by atoms with Gasteiger partial charge in [0, 0.05) is 30.4 Å². The van der Waals surface area contributed by atoms with Crippen molar-refractivity contribution < 1.29 is 0 Å². The van der Waals surface area contributed by atoms with Gasteiger partial charge in [0.05, 0.1) is 0 Å². The quantitative estimate of drug-likeness (QED) is 0.890. The first-order valence-electron chi connectivity index (χ1n) is 7.55. The molecule has 19 heavy (non-hydrogen) atoms. The fourth-order valence-electron chi connectivity index (χ4n) is 3.00. The number of hydrogen-bond donors (Lipinski definition) is 1. The highest BCUT2D eigenvalue weighted by Gasteiger charge is 2.32. The molecule has 2 nitrogen and oxygen atoms in total. The molecule has 106 valence electrons. The third kappa shape index (κ3) is 3.11. The van der Waals surface area contributed by atoms with E-state index in [1.54, 1.807) is 0 Å². The van der Waals surface area contributed by atoms with Crippen molar-refractivity contribution in [2.75, 3.05) is 18.0 Å². The Bertz CT molecular complexity index is 423. The summed E-state index contributed by atoms with van der Waals surface area (Å²) in [4.78, 5) is 2.62. The third-order valence-corrected chi connectivity index (χ3v) is 4.16. The molecule has 0 aromatic heterocycles. The van der Waals surface area contributed by atoms with E-state index in [1.807, 2.05) is 0 Å². The van der Waals surface area contributed by atoms with E-state index in [-0.39, 0.29) is 5.54 Å². The maximum atomic E-state index is 3.67. The van der Waals surface area contributed by atoms with Crippen LogP contribution in [-0.4, -0.2) is 24.7 Å². The van der Waals surface area contributed by atoms with Crippen molar-refractivity contribution in [3.8, 4) is 0 Å². The van der Waals surface area contributed by atoms with E-state index in [1.165, 1.54) is 17.7 Å². The minimum absolute atomic E-state index is 0.190. The lowest BCUT2D eigenvalue weighted by Crippen LogP contribution is -2.61. The number of piperazine rings is 1. The van der Waals surface area contributed by atoms with Gasteiger partial charge < -0.3 is 10.2 Å². The van der Waals surface area contributed by atoms with E-state index in [0.717, 1.165) is 13.1 Å². The number of rotatable bonds is 3. The maximum absolute atomic E-state index is 3.67. The summed E-state index contributed by atoms with van der Waals surface area (Å²) in [5.74, 6) is 0.576. The number of nitrogens with zero attached hydrogens (tertiary/aromatic N) is 1. The molecule has 2 rings (SSSR count). The zero-order valence-electron chi connectivity index (χ0n) is 13.0. The molecule has 2 heteroatoms. The van der Waals surface area contributed by atoms with Crippen molar-refractivity contribution in [2.24, 2.45) is 0 Å². The number of para-hydroxylation sites is 1. The van der Waals surface area contributed by atoms with Crippen LogP contribution < -0.4 is 10.2 Å². The average Bonchev–Trinajstić information content (AvgIpc) is 2.37. The second-order valence-electron chi connectivity index (χ2n) is 6.67. The second-order valence-corrected chi connectivity index (χ2v) is 6.67. The Labute approximate surface area is 118 Å². The normalized spacial score (nSPS) is 22.8. The Morgan fingerprint density at radius 3 is 2.63 bits per heavy atom. The Morgan fingerprint density at radius 1 is 1.32 bits per heavy atom. The van der Waals surface area contributed by atoms with Crippen LogP contribution in [0.1, 0.15) is 52.5 Å². The van der Waals surface area contributed by atoms with Crippen LogP contribution >= 0.6 is 0 Å². The van der Waals surface area contributed by atoms with E-state index in [0.29, 0.717) is 12.0 Å². The van der Waals surface area contributed by atoms with Crippen LogP contribution in [0, 0.1) is 0 Å². The van der Waals surface area contributed by atoms with Crippen LogP contribution in [0.5, 0.6) is 0 Å². The average molecular weight is 260 g/mol. The summed E-state index contributed by atoms with van der Waals surface area (Å²) in [6.07, 6.45) is 1.19. The van der Waals surface area contributed by atoms with Gasteiger partial charge in [-0.3, -0.25) is 0 Å². The van der Waals surface area contributed by atoms with Gasteiger partial charge in [-0.15, -0.1) is 0 Å². The van der Waals surface area contributed by atoms with Crippen molar-refractivity contribution in [3.63, 3.8) is 0 Å². The maximum Gasteiger partial charge on any atom is 0.0413 e. The summed E-state index contributed by atoms with van der Waals surface area (Å²) in [5, 5.41) is 3.67. The summed E-state index contributed by atoms with van der Waals surface area (Å²) in [6, 6.07) is 9.50. The highest BCUT2D eigenvalue weighted by molar-refractivity contribution is 5.56.